The molecule has 0 aromatic heterocycles. The van der Waals surface area contributed by atoms with Crippen molar-refractivity contribution < 1.29 is 27.6 Å². The molecule has 0 aliphatic rings. The largest absolute Gasteiger partial charge is 0.526 e. The van der Waals surface area contributed by atoms with Gasteiger partial charge in [0.05, 0.1) is 6.61 Å². The second-order valence-corrected chi connectivity index (χ2v) is 7.74. The van der Waals surface area contributed by atoms with E-state index in [2.05, 4.69) is 17.6 Å². The second kappa shape index (κ2) is 12.8. The van der Waals surface area contributed by atoms with Crippen LogP contribution in [0, 0.1) is 0 Å². The number of hydrogen-bond donors (Lipinski definition) is 0. The molecule has 0 saturated heterocycles. The van der Waals surface area contributed by atoms with Gasteiger partial charge in [-0.15, -0.1) is 0 Å². The van der Waals surface area contributed by atoms with Crippen molar-refractivity contribution in [2.45, 2.75) is 19.0 Å². The van der Waals surface area contributed by atoms with Crippen LogP contribution >= 0.6 is 0 Å². The van der Waals surface area contributed by atoms with E-state index < -0.39 is 8.56 Å². The molecule has 8 heteroatoms. The first-order valence-corrected chi connectivity index (χ1v) is 9.33. The third-order valence-corrected chi connectivity index (χ3v) is 5.81. The quantitative estimate of drug-likeness (QED) is 0.280. The van der Waals surface area contributed by atoms with Crippen molar-refractivity contribution in [1.29, 1.82) is 0 Å². The summed E-state index contributed by atoms with van der Waals surface area (Å²) >= 11 is 0. The first kappa shape index (κ1) is 21.1. The van der Waals surface area contributed by atoms with Gasteiger partial charge >= 0.3 is 20.5 Å². The fourth-order valence-electron chi connectivity index (χ4n) is 0.996. The summed E-state index contributed by atoms with van der Waals surface area (Å²) in [6, 6.07) is 0.810. The molecule has 0 heterocycles. The summed E-state index contributed by atoms with van der Waals surface area (Å²) in [5.74, 6) is -0.718. The molecule has 0 N–H and O–H groups in total. The van der Waals surface area contributed by atoms with Crippen molar-refractivity contribution in [3.05, 3.63) is 25.3 Å². The molecular weight excluding hydrogens is 296 g/mol. The average molecular weight is 320 g/mol. The smallest absolute Gasteiger partial charge is 0.334 e. The van der Waals surface area contributed by atoms with E-state index in [1.807, 2.05) is 6.55 Å². The molecule has 0 rings (SSSR count). The molecular formula is C12H24O6Si2. The van der Waals surface area contributed by atoms with Gasteiger partial charge in [-0.2, -0.15) is 0 Å². The maximum atomic E-state index is 10.7. The molecule has 20 heavy (non-hydrogen) atoms. The molecule has 6 nitrogen and oxygen atoms in total. The Morgan fingerprint density at radius 1 is 1.15 bits per heavy atom. The summed E-state index contributed by atoms with van der Waals surface area (Å²) in [7, 11) is 1.75. The Bertz CT molecular complexity index is 315. The van der Waals surface area contributed by atoms with Gasteiger partial charge in [-0.25, -0.2) is 9.59 Å². The number of hydrogen-bond acceptors (Lipinski definition) is 6. The highest BCUT2D eigenvalue weighted by Crippen LogP contribution is 2.13. The van der Waals surface area contributed by atoms with Crippen LogP contribution in [-0.2, 0) is 27.6 Å². The predicted octanol–water partition coefficient (Wildman–Crippen LogP) is 0.466. The summed E-state index contributed by atoms with van der Waals surface area (Å²) in [5.41, 5.74) is 0. The monoisotopic (exact) mass is 320 g/mol. The summed E-state index contributed by atoms with van der Waals surface area (Å²) in [5, 5.41) is 0. The topological polar surface area (TPSA) is 71.1 Å². The van der Waals surface area contributed by atoms with Gasteiger partial charge in [0, 0.05) is 26.4 Å². The fraction of sp³-hybridized carbons (Fsp3) is 0.500. The number of carbonyl (C=O) groups is 2. The Hall–Kier alpha value is -1.23. The highest BCUT2D eigenvalue weighted by Gasteiger charge is 2.27. The number of carbonyl (C=O) groups excluding carboxylic acids is 2. The van der Waals surface area contributed by atoms with Crippen molar-refractivity contribution in [2.75, 3.05) is 20.8 Å². The number of ether oxygens (including phenoxy) is 1. The van der Waals surface area contributed by atoms with E-state index in [-0.39, 0.29) is 11.9 Å². The number of esters is 1. The van der Waals surface area contributed by atoms with Gasteiger partial charge in [0.1, 0.15) is 0 Å². The molecule has 0 aromatic rings. The van der Waals surface area contributed by atoms with E-state index in [0.29, 0.717) is 17.1 Å². The number of rotatable bonds is 8. The second-order valence-electron chi connectivity index (χ2n) is 3.74. The Balaban J connectivity index is 0. The Kier molecular flexibility index (Phi) is 13.5. The molecule has 0 saturated carbocycles. The maximum absolute atomic E-state index is 10.7. The summed E-state index contributed by atoms with van der Waals surface area (Å²) < 4.78 is 19.7. The van der Waals surface area contributed by atoms with Crippen LogP contribution in [0.5, 0.6) is 0 Å². The zero-order valence-electron chi connectivity index (χ0n) is 12.6. The predicted molar refractivity (Wildman–Crippen MR) is 82.4 cm³/mol. The van der Waals surface area contributed by atoms with Crippen molar-refractivity contribution in [1.82, 2.24) is 0 Å². The summed E-state index contributed by atoms with van der Waals surface area (Å²) in [6.45, 7) is 8.85. The van der Waals surface area contributed by atoms with Gasteiger partial charge in [-0.05, 0) is 19.0 Å². The zero-order chi connectivity index (χ0) is 16.0. The van der Waals surface area contributed by atoms with Crippen LogP contribution in [0.3, 0.4) is 0 Å². The maximum Gasteiger partial charge on any atom is 0.334 e. The van der Waals surface area contributed by atoms with Crippen LogP contribution in [0.1, 0.15) is 6.42 Å². The lowest BCUT2D eigenvalue weighted by atomic mass is 10.5. The highest BCUT2D eigenvalue weighted by atomic mass is 28.4. The van der Waals surface area contributed by atoms with Crippen molar-refractivity contribution in [3.8, 4) is 0 Å². The normalized spacial score (nSPS) is 9.95. The molecule has 0 unspecified atom stereocenters. The third kappa shape index (κ3) is 11.8. The molecule has 0 aliphatic carbocycles. The Morgan fingerprint density at radius 3 is 1.95 bits per heavy atom. The van der Waals surface area contributed by atoms with Crippen LogP contribution in [0.4, 0.5) is 0 Å². The first-order chi connectivity index (χ1) is 9.38. The van der Waals surface area contributed by atoms with E-state index in [4.69, 9.17) is 13.6 Å². The molecule has 0 radical (unpaired) electrons. The lowest BCUT2D eigenvalue weighted by Gasteiger charge is -2.22. The standard InChI is InChI=1S/C9H18O4Si.C3H6O2Si/c1-5-9(10)13-7-6-8-14(4,11-2)12-3;1-2-3(4)5-6/h5H,1,6-8H2,2-4H3;2H,1H2,6H3. The van der Waals surface area contributed by atoms with Crippen molar-refractivity contribution in [2.24, 2.45) is 0 Å². The van der Waals surface area contributed by atoms with Crippen LogP contribution in [-0.4, -0.2) is 51.8 Å². The molecule has 0 aromatic carbocycles. The lowest BCUT2D eigenvalue weighted by molar-refractivity contribution is -0.137. The lowest BCUT2D eigenvalue weighted by Crippen LogP contribution is -2.36. The molecule has 0 atom stereocenters. The summed E-state index contributed by atoms with van der Waals surface area (Å²) in [6.07, 6.45) is 3.06. The van der Waals surface area contributed by atoms with Crippen LogP contribution < -0.4 is 0 Å². The summed E-state index contributed by atoms with van der Waals surface area (Å²) in [4.78, 5) is 20.6. The third-order valence-electron chi connectivity index (χ3n) is 2.42. The van der Waals surface area contributed by atoms with Crippen LogP contribution in [0.2, 0.25) is 12.6 Å². The molecule has 0 aliphatic heterocycles. The van der Waals surface area contributed by atoms with E-state index in [1.54, 1.807) is 14.2 Å². The van der Waals surface area contributed by atoms with Gasteiger partial charge < -0.3 is 18.0 Å². The van der Waals surface area contributed by atoms with Crippen molar-refractivity contribution >= 4 is 31.0 Å². The minimum atomic E-state index is -2.00. The highest BCUT2D eigenvalue weighted by molar-refractivity contribution is 6.65. The van der Waals surface area contributed by atoms with Gasteiger partial charge in [-0.3, -0.25) is 0 Å². The van der Waals surface area contributed by atoms with E-state index >= 15 is 0 Å². The van der Waals surface area contributed by atoms with E-state index in [9.17, 15) is 9.59 Å². The fourth-order valence-corrected chi connectivity index (χ4v) is 2.52. The molecule has 116 valence electrons. The van der Waals surface area contributed by atoms with E-state index in [1.165, 1.54) is 0 Å². The van der Waals surface area contributed by atoms with Gasteiger partial charge in [-0.1, -0.05) is 13.2 Å². The molecule has 0 spiro atoms. The van der Waals surface area contributed by atoms with Gasteiger partial charge in [0.2, 0.25) is 10.5 Å². The minimum absolute atomic E-state index is 0.332. The van der Waals surface area contributed by atoms with Crippen molar-refractivity contribution in [3.63, 3.8) is 0 Å². The van der Waals surface area contributed by atoms with Gasteiger partial charge in [0.15, 0.2) is 0 Å². The Morgan fingerprint density at radius 2 is 1.65 bits per heavy atom. The van der Waals surface area contributed by atoms with Crippen LogP contribution in [0.15, 0.2) is 25.3 Å². The molecule has 0 amide bonds. The SMILES string of the molecule is C=CC(=O)OCCC[Si](C)(OC)OC.C=CC(=O)O[SiH3]. The van der Waals surface area contributed by atoms with E-state index in [0.717, 1.165) is 24.6 Å². The zero-order valence-corrected chi connectivity index (χ0v) is 15.6. The minimum Gasteiger partial charge on any atom is -0.526 e. The first-order valence-electron chi connectivity index (χ1n) is 5.99. The average Bonchev–Trinajstić information content (AvgIpc) is 2.50. The Labute approximate surface area is 124 Å². The molecule has 0 bridgehead atoms. The van der Waals surface area contributed by atoms with Gasteiger partial charge in [0.25, 0.3) is 0 Å². The van der Waals surface area contributed by atoms with Crippen LogP contribution in [0.25, 0.3) is 0 Å². The molecule has 0 fully saturated rings.